The summed E-state index contributed by atoms with van der Waals surface area (Å²) in [6, 6.07) is 7.98. The third kappa shape index (κ3) is 2.33. The molecule has 108 valence electrons. The van der Waals surface area contributed by atoms with E-state index in [-0.39, 0.29) is 17.6 Å². The molecule has 1 aliphatic heterocycles. The molecule has 0 radical (unpaired) electrons. The maximum Gasteiger partial charge on any atom is 0.328 e. The van der Waals surface area contributed by atoms with Crippen LogP contribution in [0.15, 0.2) is 30.3 Å². The minimum absolute atomic E-state index is 0.177. The van der Waals surface area contributed by atoms with Gasteiger partial charge in [0.2, 0.25) is 0 Å². The SMILES string of the molecule is CC[C@@H](C(=O)OC)N1c2ccccc2C(C)=CC1(C)C. The van der Waals surface area contributed by atoms with Crippen molar-refractivity contribution in [3.8, 4) is 0 Å². The normalized spacial score (nSPS) is 18.1. The number of esters is 1. The van der Waals surface area contributed by atoms with E-state index in [0.29, 0.717) is 0 Å². The second-order valence-corrected chi connectivity index (χ2v) is 5.82. The zero-order chi connectivity index (χ0) is 14.9. The molecule has 3 nitrogen and oxygen atoms in total. The highest BCUT2D eigenvalue weighted by Gasteiger charge is 2.38. The summed E-state index contributed by atoms with van der Waals surface area (Å²) in [5.74, 6) is -0.177. The van der Waals surface area contributed by atoms with Crippen LogP contribution in [0.25, 0.3) is 5.57 Å². The van der Waals surface area contributed by atoms with E-state index in [9.17, 15) is 4.79 Å². The number of methoxy groups -OCH3 is 1. The maximum atomic E-state index is 12.1. The van der Waals surface area contributed by atoms with Crippen LogP contribution in [0.4, 0.5) is 5.69 Å². The summed E-state index contributed by atoms with van der Waals surface area (Å²) in [6.07, 6.45) is 2.94. The van der Waals surface area contributed by atoms with Crippen LogP contribution in [0.3, 0.4) is 0 Å². The van der Waals surface area contributed by atoms with E-state index >= 15 is 0 Å². The number of benzene rings is 1. The Balaban J connectivity index is 2.58. The average Bonchev–Trinajstić information content (AvgIpc) is 2.42. The molecule has 20 heavy (non-hydrogen) atoms. The number of hydrogen-bond acceptors (Lipinski definition) is 3. The minimum Gasteiger partial charge on any atom is -0.467 e. The lowest BCUT2D eigenvalue weighted by Crippen LogP contribution is -2.54. The summed E-state index contributed by atoms with van der Waals surface area (Å²) in [4.78, 5) is 14.3. The van der Waals surface area contributed by atoms with Crippen LogP contribution in [0, 0.1) is 0 Å². The standard InChI is InChI=1S/C17H23NO2/c1-6-14(16(19)20-5)18-15-10-8-7-9-13(15)12(2)11-17(18,3)4/h7-11,14H,6H2,1-5H3/t14-/m0/s1. The summed E-state index contributed by atoms with van der Waals surface area (Å²) < 4.78 is 4.99. The largest absolute Gasteiger partial charge is 0.467 e. The first-order valence-corrected chi connectivity index (χ1v) is 7.08. The fourth-order valence-electron chi connectivity index (χ4n) is 3.16. The highest BCUT2D eigenvalue weighted by atomic mass is 16.5. The molecule has 1 atom stereocenters. The van der Waals surface area contributed by atoms with Crippen molar-refractivity contribution in [1.29, 1.82) is 0 Å². The predicted octanol–water partition coefficient (Wildman–Crippen LogP) is 3.64. The second kappa shape index (κ2) is 5.31. The Kier molecular flexibility index (Phi) is 3.89. The van der Waals surface area contributed by atoms with E-state index in [1.165, 1.54) is 18.2 Å². The lowest BCUT2D eigenvalue weighted by atomic mass is 9.87. The van der Waals surface area contributed by atoms with E-state index < -0.39 is 0 Å². The van der Waals surface area contributed by atoms with Gasteiger partial charge < -0.3 is 9.64 Å². The fourth-order valence-corrected chi connectivity index (χ4v) is 3.16. The number of allylic oxidation sites excluding steroid dienone is 1. The van der Waals surface area contributed by atoms with Crippen LogP contribution in [0.1, 0.15) is 39.7 Å². The van der Waals surface area contributed by atoms with Gasteiger partial charge in [0, 0.05) is 11.3 Å². The summed E-state index contributed by atoms with van der Waals surface area (Å²) in [5, 5.41) is 0. The molecule has 0 spiro atoms. The van der Waals surface area contributed by atoms with Gasteiger partial charge in [0.15, 0.2) is 0 Å². The topological polar surface area (TPSA) is 29.5 Å². The Hall–Kier alpha value is -1.77. The number of nitrogens with zero attached hydrogens (tertiary/aromatic N) is 1. The monoisotopic (exact) mass is 273 g/mol. The molecular weight excluding hydrogens is 250 g/mol. The zero-order valence-corrected chi connectivity index (χ0v) is 12.9. The molecule has 1 aromatic rings. The molecule has 0 fully saturated rings. The van der Waals surface area contributed by atoms with Gasteiger partial charge in [-0.15, -0.1) is 0 Å². The number of para-hydroxylation sites is 1. The Labute approximate surface area is 121 Å². The summed E-state index contributed by atoms with van der Waals surface area (Å²) in [7, 11) is 1.45. The van der Waals surface area contributed by atoms with Gasteiger partial charge in [0.05, 0.1) is 12.6 Å². The number of fused-ring (bicyclic) bond motifs is 1. The van der Waals surface area contributed by atoms with Crippen molar-refractivity contribution in [2.24, 2.45) is 0 Å². The van der Waals surface area contributed by atoms with E-state index in [4.69, 9.17) is 4.74 Å². The van der Waals surface area contributed by atoms with Crippen LogP contribution in [-0.4, -0.2) is 24.7 Å². The predicted molar refractivity (Wildman–Crippen MR) is 82.7 cm³/mol. The Morgan fingerprint density at radius 3 is 2.60 bits per heavy atom. The van der Waals surface area contributed by atoms with Crippen molar-refractivity contribution in [2.75, 3.05) is 12.0 Å². The lowest BCUT2D eigenvalue weighted by Gasteiger charge is -2.46. The Morgan fingerprint density at radius 2 is 2.00 bits per heavy atom. The molecule has 2 rings (SSSR count). The molecule has 0 amide bonds. The molecule has 3 heteroatoms. The maximum absolute atomic E-state index is 12.1. The molecule has 0 saturated carbocycles. The fraction of sp³-hybridized carbons (Fsp3) is 0.471. The highest BCUT2D eigenvalue weighted by molar-refractivity contribution is 5.87. The third-order valence-corrected chi connectivity index (χ3v) is 3.95. The van der Waals surface area contributed by atoms with Crippen molar-refractivity contribution < 1.29 is 9.53 Å². The minimum atomic E-state index is -0.263. The van der Waals surface area contributed by atoms with Gasteiger partial charge in [-0.05, 0) is 38.8 Å². The summed E-state index contributed by atoms with van der Waals surface area (Å²) >= 11 is 0. The molecule has 1 aliphatic rings. The lowest BCUT2D eigenvalue weighted by molar-refractivity contribution is -0.142. The van der Waals surface area contributed by atoms with E-state index in [0.717, 1.165) is 12.1 Å². The smallest absolute Gasteiger partial charge is 0.328 e. The molecule has 0 unspecified atom stereocenters. The molecule has 1 heterocycles. The van der Waals surface area contributed by atoms with Crippen molar-refractivity contribution >= 4 is 17.2 Å². The van der Waals surface area contributed by atoms with Gasteiger partial charge in [0.25, 0.3) is 0 Å². The van der Waals surface area contributed by atoms with Gasteiger partial charge in [-0.2, -0.15) is 0 Å². The molecular formula is C17H23NO2. The van der Waals surface area contributed by atoms with Crippen LogP contribution in [0.2, 0.25) is 0 Å². The first-order valence-electron chi connectivity index (χ1n) is 7.08. The van der Waals surface area contributed by atoms with Gasteiger partial charge >= 0.3 is 5.97 Å². The summed E-state index contributed by atoms with van der Waals surface area (Å²) in [5.41, 5.74) is 3.33. The van der Waals surface area contributed by atoms with Crippen molar-refractivity contribution in [2.45, 2.75) is 45.7 Å². The first kappa shape index (κ1) is 14.6. The highest BCUT2D eigenvalue weighted by Crippen LogP contribution is 2.40. The average molecular weight is 273 g/mol. The van der Waals surface area contributed by atoms with Gasteiger partial charge in [-0.25, -0.2) is 4.79 Å². The molecule has 0 bridgehead atoms. The van der Waals surface area contributed by atoms with Gasteiger partial charge in [-0.1, -0.05) is 31.2 Å². The Bertz CT molecular complexity index is 546. The first-order chi connectivity index (χ1) is 9.42. The number of carbonyl (C=O) groups is 1. The van der Waals surface area contributed by atoms with Crippen molar-refractivity contribution in [3.05, 3.63) is 35.9 Å². The number of ether oxygens (including phenoxy) is 1. The number of rotatable bonds is 3. The van der Waals surface area contributed by atoms with Gasteiger partial charge in [-0.3, -0.25) is 0 Å². The van der Waals surface area contributed by atoms with Crippen LogP contribution in [0.5, 0.6) is 0 Å². The van der Waals surface area contributed by atoms with Crippen LogP contribution in [-0.2, 0) is 9.53 Å². The van der Waals surface area contributed by atoms with E-state index in [1.54, 1.807) is 0 Å². The van der Waals surface area contributed by atoms with Gasteiger partial charge in [0.1, 0.15) is 6.04 Å². The molecule has 0 N–H and O–H groups in total. The van der Waals surface area contributed by atoms with Crippen molar-refractivity contribution in [3.63, 3.8) is 0 Å². The molecule has 0 aromatic heterocycles. The number of anilines is 1. The second-order valence-electron chi connectivity index (χ2n) is 5.82. The van der Waals surface area contributed by atoms with E-state index in [1.807, 2.05) is 19.1 Å². The van der Waals surface area contributed by atoms with Crippen LogP contribution >= 0.6 is 0 Å². The molecule has 1 aromatic carbocycles. The Morgan fingerprint density at radius 1 is 1.35 bits per heavy atom. The third-order valence-electron chi connectivity index (χ3n) is 3.95. The zero-order valence-electron chi connectivity index (χ0n) is 12.9. The van der Waals surface area contributed by atoms with Crippen LogP contribution < -0.4 is 4.90 Å². The summed E-state index contributed by atoms with van der Waals surface area (Å²) in [6.45, 7) is 8.42. The molecule has 0 aliphatic carbocycles. The molecule has 0 saturated heterocycles. The quantitative estimate of drug-likeness (QED) is 0.787. The number of hydrogen-bond donors (Lipinski definition) is 0. The van der Waals surface area contributed by atoms with E-state index in [2.05, 4.69) is 43.9 Å². The van der Waals surface area contributed by atoms with Crippen molar-refractivity contribution in [1.82, 2.24) is 0 Å². The number of carbonyl (C=O) groups excluding carboxylic acids is 1.